The molecule has 1 heterocycles. The Balaban J connectivity index is 2.29. The van der Waals surface area contributed by atoms with Crippen LogP contribution in [0.25, 0.3) is 0 Å². The Morgan fingerprint density at radius 2 is 2.00 bits per heavy atom. The summed E-state index contributed by atoms with van der Waals surface area (Å²) in [4.78, 5) is 3.98. The van der Waals surface area contributed by atoms with Crippen molar-refractivity contribution in [3.05, 3.63) is 59.1 Å². The predicted octanol–water partition coefficient (Wildman–Crippen LogP) is 3.73. The van der Waals surface area contributed by atoms with Gasteiger partial charge in [0, 0.05) is 18.4 Å². The minimum atomic E-state index is -0.400. The van der Waals surface area contributed by atoms with E-state index in [0.717, 1.165) is 12.0 Å². The molecule has 2 N–H and O–H groups in total. The van der Waals surface area contributed by atoms with Crippen molar-refractivity contribution in [1.82, 2.24) is 4.98 Å². The molecule has 2 rings (SSSR count). The van der Waals surface area contributed by atoms with E-state index in [2.05, 4.69) is 4.98 Å². The van der Waals surface area contributed by atoms with Crippen LogP contribution in [0.2, 0.25) is 5.02 Å². The molecular weight excluding hydrogens is 279 g/mol. The lowest BCUT2D eigenvalue weighted by molar-refractivity contribution is 0.171. The van der Waals surface area contributed by atoms with Gasteiger partial charge in [-0.1, -0.05) is 18.5 Å². The molecule has 0 fully saturated rings. The first-order valence-corrected chi connectivity index (χ1v) is 6.76. The average Bonchev–Trinajstić information content (AvgIpc) is 2.46. The van der Waals surface area contributed by atoms with E-state index in [1.165, 1.54) is 18.2 Å². The summed E-state index contributed by atoms with van der Waals surface area (Å²) in [7, 11) is 0. The third kappa shape index (κ3) is 3.46. The summed E-state index contributed by atoms with van der Waals surface area (Å²) in [6.07, 6.45) is 3.75. The van der Waals surface area contributed by atoms with Crippen LogP contribution in [0.15, 0.2) is 42.7 Å². The number of nitrogens with two attached hydrogens (primary N) is 1. The minimum Gasteiger partial charge on any atom is -0.483 e. The van der Waals surface area contributed by atoms with Crippen LogP contribution in [0.4, 0.5) is 4.39 Å². The summed E-state index contributed by atoms with van der Waals surface area (Å²) in [5.41, 5.74) is 7.03. The highest BCUT2D eigenvalue weighted by Crippen LogP contribution is 2.31. The van der Waals surface area contributed by atoms with Crippen molar-refractivity contribution < 1.29 is 9.13 Å². The minimum absolute atomic E-state index is 0.196. The van der Waals surface area contributed by atoms with Gasteiger partial charge in [-0.3, -0.25) is 4.98 Å². The first kappa shape index (κ1) is 14.8. The van der Waals surface area contributed by atoms with Crippen LogP contribution in [-0.2, 0) is 0 Å². The maximum atomic E-state index is 13.1. The molecule has 1 aromatic carbocycles. The fraction of sp³-hybridized carbons (Fsp3) is 0.267. The van der Waals surface area contributed by atoms with Crippen molar-refractivity contribution in [2.24, 2.45) is 5.73 Å². The van der Waals surface area contributed by atoms with Crippen LogP contribution in [-0.4, -0.2) is 11.0 Å². The molecule has 0 amide bonds. The number of ether oxygens (including phenoxy) is 1. The van der Waals surface area contributed by atoms with E-state index in [9.17, 15) is 4.39 Å². The summed E-state index contributed by atoms with van der Waals surface area (Å²) in [6, 6.07) is 7.53. The van der Waals surface area contributed by atoms with E-state index < -0.39 is 5.82 Å². The molecule has 0 saturated carbocycles. The molecule has 2 aromatic rings. The lowest BCUT2D eigenvalue weighted by Crippen LogP contribution is -2.31. The average molecular weight is 295 g/mol. The third-order valence-corrected chi connectivity index (χ3v) is 3.34. The number of pyridine rings is 1. The van der Waals surface area contributed by atoms with E-state index in [1.807, 2.05) is 19.1 Å². The zero-order valence-electron chi connectivity index (χ0n) is 11.1. The molecule has 106 valence electrons. The first-order chi connectivity index (χ1) is 9.61. The summed E-state index contributed by atoms with van der Waals surface area (Å²) in [5, 5.41) is 0.229. The Morgan fingerprint density at radius 3 is 2.60 bits per heavy atom. The molecule has 0 saturated heterocycles. The lowest BCUT2D eigenvalue weighted by Gasteiger charge is -2.25. The van der Waals surface area contributed by atoms with Gasteiger partial charge in [0.25, 0.3) is 0 Å². The second kappa shape index (κ2) is 6.68. The molecule has 2 atom stereocenters. The second-order valence-corrected chi connectivity index (χ2v) is 4.87. The predicted molar refractivity (Wildman–Crippen MR) is 77.3 cm³/mol. The number of halogens is 2. The number of hydrogen-bond acceptors (Lipinski definition) is 3. The van der Waals surface area contributed by atoms with E-state index >= 15 is 0 Å². The molecular formula is C15H16ClFN2O. The largest absolute Gasteiger partial charge is 0.483 e. The van der Waals surface area contributed by atoms with Gasteiger partial charge >= 0.3 is 0 Å². The topological polar surface area (TPSA) is 48.1 Å². The van der Waals surface area contributed by atoms with Crippen molar-refractivity contribution in [2.75, 3.05) is 0 Å². The normalized spacial score (nSPS) is 13.8. The van der Waals surface area contributed by atoms with Gasteiger partial charge in [0.15, 0.2) is 0 Å². The van der Waals surface area contributed by atoms with Gasteiger partial charge in [0.2, 0.25) is 0 Å². The molecule has 0 aliphatic heterocycles. The Kier molecular flexibility index (Phi) is 4.93. The number of nitrogens with zero attached hydrogens (tertiary/aromatic N) is 1. The summed E-state index contributed by atoms with van der Waals surface area (Å²) >= 11 is 5.99. The first-order valence-electron chi connectivity index (χ1n) is 6.39. The van der Waals surface area contributed by atoms with Gasteiger partial charge in [-0.2, -0.15) is 0 Å². The summed E-state index contributed by atoms with van der Waals surface area (Å²) in [6.45, 7) is 1.98. The van der Waals surface area contributed by atoms with Crippen molar-refractivity contribution in [3.8, 4) is 5.75 Å². The zero-order chi connectivity index (χ0) is 14.5. The highest BCUT2D eigenvalue weighted by atomic mass is 35.5. The standard InChI is InChI=1S/C15H16ClFN2O/c1-2-13(18)15(10-5-7-19-8-6-10)20-14-4-3-11(17)9-12(14)16/h3-9,13,15H,2,18H2,1H3. The third-order valence-electron chi connectivity index (χ3n) is 3.04. The van der Waals surface area contributed by atoms with Gasteiger partial charge in [-0.05, 0) is 42.3 Å². The van der Waals surface area contributed by atoms with Crippen LogP contribution < -0.4 is 10.5 Å². The molecule has 0 radical (unpaired) electrons. The number of rotatable bonds is 5. The zero-order valence-corrected chi connectivity index (χ0v) is 11.8. The van der Waals surface area contributed by atoms with E-state index in [-0.39, 0.29) is 17.2 Å². The van der Waals surface area contributed by atoms with Crippen LogP contribution >= 0.6 is 11.6 Å². The van der Waals surface area contributed by atoms with Crippen molar-refractivity contribution in [1.29, 1.82) is 0 Å². The molecule has 3 nitrogen and oxygen atoms in total. The maximum absolute atomic E-state index is 13.1. The van der Waals surface area contributed by atoms with Crippen molar-refractivity contribution in [3.63, 3.8) is 0 Å². The summed E-state index contributed by atoms with van der Waals surface area (Å²) < 4.78 is 18.9. The SMILES string of the molecule is CCC(N)C(Oc1ccc(F)cc1Cl)c1ccncc1. The van der Waals surface area contributed by atoms with Crippen molar-refractivity contribution in [2.45, 2.75) is 25.5 Å². The monoisotopic (exact) mass is 294 g/mol. The number of benzene rings is 1. The van der Waals surface area contributed by atoms with Crippen LogP contribution in [0, 0.1) is 5.82 Å². The molecule has 20 heavy (non-hydrogen) atoms. The quantitative estimate of drug-likeness (QED) is 0.914. The Labute approximate surface area is 122 Å². The lowest BCUT2D eigenvalue weighted by atomic mass is 10.0. The molecule has 0 aliphatic rings. The molecule has 2 unspecified atom stereocenters. The Hall–Kier alpha value is -1.65. The van der Waals surface area contributed by atoms with Crippen LogP contribution in [0.5, 0.6) is 5.75 Å². The summed E-state index contributed by atoms with van der Waals surface area (Å²) in [5.74, 6) is 0.0152. The van der Waals surface area contributed by atoms with Gasteiger partial charge in [0.05, 0.1) is 5.02 Å². The number of aromatic nitrogens is 1. The van der Waals surface area contributed by atoms with E-state index in [0.29, 0.717) is 5.75 Å². The smallest absolute Gasteiger partial charge is 0.139 e. The molecule has 1 aromatic heterocycles. The van der Waals surface area contributed by atoms with E-state index in [4.69, 9.17) is 22.1 Å². The Morgan fingerprint density at radius 1 is 1.30 bits per heavy atom. The maximum Gasteiger partial charge on any atom is 0.139 e. The van der Waals surface area contributed by atoms with Gasteiger partial charge in [-0.25, -0.2) is 4.39 Å². The van der Waals surface area contributed by atoms with Gasteiger partial charge < -0.3 is 10.5 Å². The fourth-order valence-corrected chi connectivity index (χ4v) is 2.09. The highest BCUT2D eigenvalue weighted by molar-refractivity contribution is 6.32. The Bertz CT molecular complexity index is 565. The second-order valence-electron chi connectivity index (χ2n) is 4.47. The van der Waals surface area contributed by atoms with Crippen LogP contribution in [0.1, 0.15) is 25.0 Å². The highest BCUT2D eigenvalue weighted by Gasteiger charge is 2.21. The van der Waals surface area contributed by atoms with Gasteiger partial charge in [0.1, 0.15) is 17.7 Å². The van der Waals surface area contributed by atoms with Crippen LogP contribution in [0.3, 0.4) is 0 Å². The molecule has 0 spiro atoms. The van der Waals surface area contributed by atoms with E-state index in [1.54, 1.807) is 12.4 Å². The molecule has 0 bridgehead atoms. The van der Waals surface area contributed by atoms with Crippen molar-refractivity contribution >= 4 is 11.6 Å². The number of hydrogen-bond donors (Lipinski definition) is 1. The van der Waals surface area contributed by atoms with Gasteiger partial charge in [-0.15, -0.1) is 0 Å². The molecule has 5 heteroatoms. The molecule has 0 aliphatic carbocycles. The fourth-order valence-electron chi connectivity index (χ4n) is 1.88.